The van der Waals surface area contributed by atoms with Crippen molar-refractivity contribution in [2.75, 3.05) is 13.6 Å². The molecule has 1 unspecified atom stereocenters. The van der Waals surface area contributed by atoms with Gasteiger partial charge in [0.25, 0.3) is 0 Å². The van der Waals surface area contributed by atoms with E-state index in [1.807, 2.05) is 6.92 Å². The van der Waals surface area contributed by atoms with Crippen molar-refractivity contribution in [3.63, 3.8) is 0 Å². The summed E-state index contributed by atoms with van der Waals surface area (Å²) >= 11 is 5.75. The minimum Gasteiger partial charge on any atom is -0.489 e. The number of hydrogen-bond acceptors (Lipinski definition) is 2. The molecule has 0 aliphatic rings. The maximum Gasteiger partial charge on any atom is 0.314 e. The monoisotopic (exact) mass is 242 g/mol. The van der Waals surface area contributed by atoms with Gasteiger partial charge in [0.05, 0.1) is 6.54 Å². The molecule has 16 heavy (non-hydrogen) atoms. The Morgan fingerprint density at radius 3 is 2.62 bits per heavy atom. The van der Waals surface area contributed by atoms with Crippen LogP contribution in [0.1, 0.15) is 6.92 Å². The Balaban J connectivity index is 2.36. The third-order valence-corrected chi connectivity index (χ3v) is 2.18. The predicted octanol–water partition coefficient (Wildman–Crippen LogP) is 2.04. The van der Waals surface area contributed by atoms with E-state index in [-0.39, 0.29) is 12.1 Å². The molecule has 2 amide bonds. The fourth-order valence-corrected chi connectivity index (χ4v) is 1.24. The zero-order valence-corrected chi connectivity index (χ0v) is 10.0. The van der Waals surface area contributed by atoms with Crippen molar-refractivity contribution in [3.8, 4) is 5.75 Å². The summed E-state index contributed by atoms with van der Waals surface area (Å²) < 4.78 is 5.56. The van der Waals surface area contributed by atoms with Crippen LogP contribution in [0.4, 0.5) is 4.79 Å². The average molecular weight is 243 g/mol. The molecule has 1 aromatic carbocycles. The van der Waals surface area contributed by atoms with Crippen LogP contribution in [-0.2, 0) is 0 Å². The first-order valence-electron chi connectivity index (χ1n) is 4.99. The molecular weight excluding hydrogens is 228 g/mol. The van der Waals surface area contributed by atoms with Gasteiger partial charge >= 0.3 is 6.03 Å². The third kappa shape index (κ3) is 4.40. The lowest BCUT2D eigenvalue weighted by molar-refractivity contribution is 0.208. The summed E-state index contributed by atoms with van der Waals surface area (Å²) in [5, 5.41) is 5.80. The molecule has 0 saturated heterocycles. The van der Waals surface area contributed by atoms with Crippen molar-refractivity contribution in [1.82, 2.24) is 10.6 Å². The van der Waals surface area contributed by atoms with E-state index in [0.29, 0.717) is 11.6 Å². The number of hydrogen-bond donors (Lipinski definition) is 2. The first kappa shape index (κ1) is 12.6. The largest absolute Gasteiger partial charge is 0.489 e. The molecule has 0 spiro atoms. The normalized spacial score (nSPS) is 11.7. The van der Waals surface area contributed by atoms with Crippen LogP contribution < -0.4 is 15.4 Å². The van der Waals surface area contributed by atoms with E-state index in [4.69, 9.17) is 16.3 Å². The van der Waals surface area contributed by atoms with Gasteiger partial charge in [-0.05, 0) is 31.2 Å². The Bertz CT molecular complexity index is 340. The Labute approximate surface area is 99.9 Å². The van der Waals surface area contributed by atoms with Crippen LogP contribution in [0.2, 0.25) is 5.02 Å². The van der Waals surface area contributed by atoms with Crippen molar-refractivity contribution in [2.45, 2.75) is 13.0 Å². The molecule has 0 heterocycles. The molecule has 0 radical (unpaired) electrons. The highest BCUT2D eigenvalue weighted by Gasteiger charge is 2.05. The fraction of sp³-hybridized carbons (Fsp3) is 0.364. The highest BCUT2D eigenvalue weighted by molar-refractivity contribution is 6.30. The number of carbonyl (C=O) groups excluding carboxylic acids is 1. The van der Waals surface area contributed by atoms with Gasteiger partial charge in [-0.2, -0.15) is 0 Å². The Morgan fingerprint density at radius 2 is 2.06 bits per heavy atom. The van der Waals surface area contributed by atoms with Crippen LogP contribution in [0.3, 0.4) is 0 Å². The summed E-state index contributed by atoms with van der Waals surface area (Å²) in [4.78, 5) is 10.9. The standard InChI is InChI=1S/C11H15ClN2O2/c1-8(7-14-11(15)13-2)16-10-5-3-9(12)4-6-10/h3-6,8H,7H2,1-2H3,(H2,13,14,15). The van der Waals surface area contributed by atoms with Crippen molar-refractivity contribution < 1.29 is 9.53 Å². The van der Waals surface area contributed by atoms with Crippen LogP contribution in [0.25, 0.3) is 0 Å². The second-order valence-electron chi connectivity index (χ2n) is 3.34. The van der Waals surface area contributed by atoms with Crippen LogP contribution in [0, 0.1) is 0 Å². The third-order valence-electron chi connectivity index (χ3n) is 1.93. The van der Waals surface area contributed by atoms with Gasteiger partial charge in [-0.15, -0.1) is 0 Å². The lowest BCUT2D eigenvalue weighted by Crippen LogP contribution is -2.38. The van der Waals surface area contributed by atoms with E-state index >= 15 is 0 Å². The highest BCUT2D eigenvalue weighted by Crippen LogP contribution is 2.16. The van der Waals surface area contributed by atoms with Gasteiger partial charge in [0.2, 0.25) is 0 Å². The van der Waals surface area contributed by atoms with Gasteiger partial charge in [-0.3, -0.25) is 0 Å². The number of nitrogens with one attached hydrogen (secondary N) is 2. The van der Waals surface area contributed by atoms with Crippen molar-refractivity contribution in [3.05, 3.63) is 29.3 Å². The summed E-state index contributed by atoms with van der Waals surface area (Å²) in [6, 6.07) is 6.88. The van der Waals surface area contributed by atoms with Crippen molar-refractivity contribution in [2.24, 2.45) is 0 Å². The predicted molar refractivity (Wildman–Crippen MR) is 64.0 cm³/mol. The van der Waals surface area contributed by atoms with Crippen LogP contribution >= 0.6 is 11.6 Å². The summed E-state index contributed by atoms with van der Waals surface area (Å²) in [7, 11) is 1.57. The molecule has 0 saturated carbocycles. The number of amides is 2. The lowest BCUT2D eigenvalue weighted by Gasteiger charge is -2.15. The van der Waals surface area contributed by atoms with E-state index in [1.165, 1.54) is 0 Å². The maximum atomic E-state index is 10.9. The first-order chi connectivity index (χ1) is 7.61. The molecule has 1 rings (SSSR count). The molecule has 0 aromatic heterocycles. The van der Waals surface area contributed by atoms with Crippen LogP contribution in [0.15, 0.2) is 24.3 Å². The van der Waals surface area contributed by atoms with Crippen LogP contribution in [0.5, 0.6) is 5.75 Å². The molecule has 1 atom stereocenters. The molecule has 2 N–H and O–H groups in total. The smallest absolute Gasteiger partial charge is 0.314 e. The number of halogens is 1. The van der Waals surface area contributed by atoms with Crippen LogP contribution in [-0.4, -0.2) is 25.7 Å². The minimum atomic E-state index is -0.216. The SMILES string of the molecule is CNC(=O)NCC(C)Oc1ccc(Cl)cc1. The van der Waals surface area contributed by atoms with Gasteiger partial charge in [-0.25, -0.2) is 4.79 Å². The molecule has 1 aromatic rings. The molecule has 5 heteroatoms. The van der Waals surface area contributed by atoms with E-state index in [1.54, 1.807) is 31.3 Å². The molecule has 0 bridgehead atoms. The van der Waals surface area contributed by atoms with Gasteiger partial charge in [0, 0.05) is 12.1 Å². The summed E-state index contributed by atoms with van der Waals surface area (Å²) in [5.74, 6) is 0.732. The fourth-order valence-electron chi connectivity index (χ4n) is 1.11. The van der Waals surface area contributed by atoms with Crippen molar-refractivity contribution in [1.29, 1.82) is 0 Å². The average Bonchev–Trinajstić information content (AvgIpc) is 2.29. The number of ether oxygens (including phenoxy) is 1. The second-order valence-corrected chi connectivity index (χ2v) is 3.78. The summed E-state index contributed by atoms with van der Waals surface area (Å²) in [6.07, 6.45) is -0.0986. The van der Waals surface area contributed by atoms with E-state index in [9.17, 15) is 4.79 Å². The Morgan fingerprint density at radius 1 is 1.44 bits per heavy atom. The zero-order valence-electron chi connectivity index (χ0n) is 9.29. The minimum absolute atomic E-state index is 0.0986. The van der Waals surface area contributed by atoms with E-state index in [0.717, 1.165) is 5.75 Å². The topological polar surface area (TPSA) is 50.4 Å². The van der Waals surface area contributed by atoms with Crippen molar-refractivity contribution >= 4 is 17.6 Å². The van der Waals surface area contributed by atoms with Gasteiger partial charge in [0.1, 0.15) is 11.9 Å². The molecule has 0 fully saturated rings. The number of rotatable bonds is 4. The van der Waals surface area contributed by atoms with Gasteiger partial charge < -0.3 is 15.4 Å². The summed E-state index contributed by atoms with van der Waals surface area (Å²) in [5.41, 5.74) is 0. The molecule has 0 aliphatic heterocycles. The molecular formula is C11H15ClN2O2. The zero-order chi connectivity index (χ0) is 12.0. The van der Waals surface area contributed by atoms with Gasteiger partial charge in [-0.1, -0.05) is 11.6 Å². The highest BCUT2D eigenvalue weighted by atomic mass is 35.5. The maximum absolute atomic E-state index is 10.9. The Kier molecular flexibility index (Phi) is 4.92. The molecule has 4 nitrogen and oxygen atoms in total. The molecule has 88 valence electrons. The molecule has 0 aliphatic carbocycles. The first-order valence-corrected chi connectivity index (χ1v) is 5.37. The Hall–Kier alpha value is -1.42. The number of benzene rings is 1. The second kappa shape index (κ2) is 6.23. The number of urea groups is 1. The van der Waals surface area contributed by atoms with E-state index in [2.05, 4.69) is 10.6 Å². The van der Waals surface area contributed by atoms with E-state index < -0.39 is 0 Å². The summed E-state index contributed by atoms with van der Waals surface area (Å²) in [6.45, 7) is 2.33. The lowest BCUT2D eigenvalue weighted by atomic mass is 10.3. The number of carbonyl (C=O) groups is 1. The quantitative estimate of drug-likeness (QED) is 0.849. The van der Waals surface area contributed by atoms with Gasteiger partial charge in [0.15, 0.2) is 0 Å².